The van der Waals surface area contributed by atoms with Gasteiger partial charge in [-0.15, -0.1) is 11.3 Å². The Morgan fingerprint density at radius 1 is 1.17 bits per heavy atom. The SMILES string of the molecule is CCOC(=O)c1ccccc1NC(=O)CN(CC)Cc1cccs1. The largest absolute Gasteiger partial charge is 0.462 e. The summed E-state index contributed by atoms with van der Waals surface area (Å²) in [6.07, 6.45) is 0. The number of amides is 1. The maximum atomic E-state index is 12.3. The van der Waals surface area contributed by atoms with Crippen molar-refractivity contribution in [3.63, 3.8) is 0 Å². The number of carbonyl (C=O) groups excluding carboxylic acids is 2. The average molecular weight is 346 g/mol. The molecule has 6 heteroatoms. The average Bonchev–Trinajstić information content (AvgIpc) is 3.08. The van der Waals surface area contributed by atoms with Gasteiger partial charge < -0.3 is 10.1 Å². The molecule has 2 aromatic rings. The number of nitrogens with one attached hydrogen (secondary N) is 1. The van der Waals surface area contributed by atoms with Crippen LogP contribution in [0.25, 0.3) is 0 Å². The van der Waals surface area contributed by atoms with Crippen LogP contribution in [0.2, 0.25) is 0 Å². The number of hydrogen-bond acceptors (Lipinski definition) is 5. The number of para-hydroxylation sites is 1. The van der Waals surface area contributed by atoms with Crippen molar-refractivity contribution in [1.29, 1.82) is 0 Å². The second-order valence-corrected chi connectivity index (χ2v) is 6.23. The zero-order valence-electron chi connectivity index (χ0n) is 14.0. The molecule has 0 spiro atoms. The normalized spacial score (nSPS) is 10.6. The van der Waals surface area contributed by atoms with E-state index in [1.54, 1.807) is 42.5 Å². The first-order valence-electron chi connectivity index (χ1n) is 7.94. The summed E-state index contributed by atoms with van der Waals surface area (Å²) < 4.78 is 5.02. The summed E-state index contributed by atoms with van der Waals surface area (Å²) in [5.41, 5.74) is 0.849. The molecule has 1 aromatic carbocycles. The Bertz CT molecular complexity index is 671. The first-order valence-corrected chi connectivity index (χ1v) is 8.82. The molecule has 0 saturated carbocycles. The molecule has 0 unspecified atom stereocenters. The fourth-order valence-electron chi connectivity index (χ4n) is 2.27. The van der Waals surface area contributed by atoms with Gasteiger partial charge in [0.1, 0.15) is 0 Å². The van der Waals surface area contributed by atoms with Crippen LogP contribution < -0.4 is 5.32 Å². The van der Waals surface area contributed by atoms with E-state index in [4.69, 9.17) is 4.74 Å². The van der Waals surface area contributed by atoms with Crippen molar-refractivity contribution < 1.29 is 14.3 Å². The summed E-state index contributed by atoms with van der Waals surface area (Å²) in [5, 5.41) is 4.84. The maximum Gasteiger partial charge on any atom is 0.340 e. The Balaban J connectivity index is 2.00. The van der Waals surface area contributed by atoms with E-state index in [1.807, 2.05) is 23.3 Å². The van der Waals surface area contributed by atoms with Crippen molar-refractivity contribution in [2.45, 2.75) is 20.4 Å². The summed E-state index contributed by atoms with van der Waals surface area (Å²) in [6.45, 7) is 5.85. The van der Waals surface area contributed by atoms with Gasteiger partial charge in [0.15, 0.2) is 0 Å². The van der Waals surface area contributed by atoms with Crippen LogP contribution in [0.3, 0.4) is 0 Å². The van der Waals surface area contributed by atoms with Gasteiger partial charge in [-0.25, -0.2) is 4.79 Å². The summed E-state index contributed by atoms with van der Waals surface area (Å²) in [4.78, 5) is 27.6. The number of carbonyl (C=O) groups is 2. The highest BCUT2D eigenvalue weighted by Gasteiger charge is 2.15. The summed E-state index contributed by atoms with van der Waals surface area (Å²) in [5.74, 6) is -0.579. The highest BCUT2D eigenvalue weighted by molar-refractivity contribution is 7.09. The van der Waals surface area contributed by atoms with E-state index >= 15 is 0 Å². The van der Waals surface area contributed by atoms with Crippen molar-refractivity contribution in [1.82, 2.24) is 4.90 Å². The molecule has 1 N–H and O–H groups in total. The number of anilines is 1. The second kappa shape index (κ2) is 9.20. The monoisotopic (exact) mass is 346 g/mol. The highest BCUT2D eigenvalue weighted by atomic mass is 32.1. The molecule has 24 heavy (non-hydrogen) atoms. The number of thiophene rings is 1. The first kappa shape index (κ1) is 18.2. The molecule has 1 heterocycles. The summed E-state index contributed by atoms with van der Waals surface area (Å²) >= 11 is 1.67. The van der Waals surface area contributed by atoms with Crippen LogP contribution in [-0.4, -0.2) is 36.5 Å². The number of likely N-dealkylation sites (N-methyl/N-ethyl adjacent to an activating group) is 1. The lowest BCUT2D eigenvalue weighted by Crippen LogP contribution is -2.32. The molecule has 1 amide bonds. The number of benzene rings is 1. The minimum Gasteiger partial charge on any atom is -0.462 e. The number of esters is 1. The predicted molar refractivity (Wildman–Crippen MR) is 96.3 cm³/mol. The molecule has 0 bridgehead atoms. The molecular formula is C18H22N2O3S. The Morgan fingerprint density at radius 3 is 2.62 bits per heavy atom. The van der Waals surface area contributed by atoms with E-state index in [-0.39, 0.29) is 12.5 Å². The lowest BCUT2D eigenvalue weighted by Gasteiger charge is -2.19. The molecule has 0 aliphatic heterocycles. The number of ether oxygens (including phenoxy) is 1. The first-order chi connectivity index (χ1) is 11.6. The van der Waals surface area contributed by atoms with Gasteiger partial charge in [-0.05, 0) is 37.0 Å². The molecule has 5 nitrogen and oxygen atoms in total. The van der Waals surface area contributed by atoms with Crippen LogP contribution in [0.15, 0.2) is 41.8 Å². The van der Waals surface area contributed by atoms with E-state index in [0.29, 0.717) is 17.9 Å². The minimum atomic E-state index is -0.431. The van der Waals surface area contributed by atoms with E-state index in [1.165, 1.54) is 4.88 Å². The van der Waals surface area contributed by atoms with Crippen LogP contribution in [0.5, 0.6) is 0 Å². The van der Waals surface area contributed by atoms with Gasteiger partial charge in [0.05, 0.1) is 24.4 Å². The summed E-state index contributed by atoms with van der Waals surface area (Å²) in [7, 11) is 0. The number of hydrogen-bond donors (Lipinski definition) is 1. The van der Waals surface area contributed by atoms with Crippen molar-refractivity contribution in [2.24, 2.45) is 0 Å². The zero-order chi connectivity index (χ0) is 17.4. The fraction of sp³-hybridized carbons (Fsp3) is 0.333. The van der Waals surface area contributed by atoms with Crippen molar-refractivity contribution in [2.75, 3.05) is 25.0 Å². The van der Waals surface area contributed by atoms with Crippen LogP contribution in [0.1, 0.15) is 29.1 Å². The Labute approximate surface area is 146 Å². The Kier molecular flexibility index (Phi) is 6.96. The Hall–Kier alpha value is -2.18. The predicted octanol–water partition coefficient (Wildman–Crippen LogP) is 3.39. The quantitative estimate of drug-likeness (QED) is 0.745. The smallest absolute Gasteiger partial charge is 0.340 e. The van der Waals surface area contributed by atoms with Gasteiger partial charge in [-0.3, -0.25) is 9.69 Å². The van der Waals surface area contributed by atoms with Crippen molar-refractivity contribution >= 4 is 28.9 Å². The van der Waals surface area contributed by atoms with Crippen molar-refractivity contribution in [3.8, 4) is 0 Å². The second-order valence-electron chi connectivity index (χ2n) is 5.20. The van der Waals surface area contributed by atoms with Gasteiger partial charge in [0.2, 0.25) is 5.91 Å². The lowest BCUT2D eigenvalue weighted by molar-refractivity contribution is -0.117. The lowest BCUT2D eigenvalue weighted by atomic mass is 10.2. The third-order valence-electron chi connectivity index (χ3n) is 3.47. The van der Waals surface area contributed by atoms with E-state index < -0.39 is 5.97 Å². The van der Waals surface area contributed by atoms with Gasteiger partial charge in [-0.1, -0.05) is 25.1 Å². The fourth-order valence-corrected chi connectivity index (χ4v) is 3.02. The van der Waals surface area contributed by atoms with E-state index in [0.717, 1.165) is 13.1 Å². The maximum absolute atomic E-state index is 12.3. The standard InChI is InChI=1S/C18H22N2O3S/c1-3-20(12-14-8-7-11-24-14)13-17(21)19-16-10-6-5-9-15(16)18(22)23-4-2/h5-11H,3-4,12-13H2,1-2H3,(H,19,21). The van der Waals surface area contributed by atoms with Gasteiger partial charge in [-0.2, -0.15) is 0 Å². The van der Waals surface area contributed by atoms with Gasteiger partial charge >= 0.3 is 5.97 Å². The zero-order valence-corrected chi connectivity index (χ0v) is 14.8. The molecule has 1 aromatic heterocycles. The topological polar surface area (TPSA) is 58.6 Å². The molecule has 0 aliphatic carbocycles. The highest BCUT2D eigenvalue weighted by Crippen LogP contribution is 2.17. The molecule has 0 saturated heterocycles. The third-order valence-corrected chi connectivity index (χ3v) is 4.33. The van der Waals surface area contributed by atoms with Gasteiger partial charge in [0.25, 0.3) is 0 Å². The van der Waals surface area contributed by atoms with E-state index in [9.17, 15) is 9.59 Å². The molecular weight excluding hydrogens is 324 g/mol. The molecule has 0 atom stereocenters. The number of nitrogens with zero attached hydrogens (tertiary/aromatic N) is 1. The van der Waals surface area contributed by atoms with Crippen molar-refractivity contribution in [3.05, 3.63) is 52.2 Å². The molecule has 0 fully saturated rings. The van der Waals surface area contributed by atoms with Crippen LogP contribution in [0, 0.1) is 0 Å². The summed E-state index contributed by atoms with van der Waals surface area (Å²) in [6, 6.07) is 10.9. The van der Waals surface area contributed by atoms with Gasteiger partial charge in [0, 0.05) is 11.4 Å². The molecule has 0 radical (unpaired) electrons. The Morgan fingerprint density at radius 2 is 1.96 bits per heavy atom. The molecule has 0 aliphatic rings. The number of rotatable bonds is 8. The third kappa shape index (κ3) is 5.18. The van der Waals surface area contributed by atoms with Crippen LogP contribution >= 0.6 is 11.3 Å². The van der Waals surface area contributed by atoms with E-state index in [2.05, 4.69) is 11.4 Å². The van der Waals surface area contributed by atoms with Crippen LogP contribution in [-0.2, 0) is 16.1 Å². The minimum absolute atomic E-state index is 0.148. The molecule has 128 valence electrons. The molecule has 2 rings (SSSR count). The van der Waals surface area contributed by atoms with Crippen LogP contribution in [0.4, 0.5) is 5.69 Å².